The second-order valence-electron chi connectivity index (χ2n) is 1.42. The molecule has 9 heavy (non-hydrogen) atoms. The summed E-state index contributed by atoms with van der Waals surface area (Å²) in [7, 11) is 0. The van der Waals surface area contributed by atoms with Gasteiger partial charge >= 0.3 is 0 Å². The molecule has 0 N–H and O–H groups in total. The van der Waals surface area contributed by atoms with Crippen molar-refractivity contribution < 1.29 is 4.79 Å². The third-order valence-electron chi connectivity index (χ3n) is 0.588. The Hall–Kier alpha value is -0.850. The van der Waals surface area contributed by atoms with E-state index in [0.717, 1.165) is 6.42 Å². The Labute approximate surface area is 57.1 Å². The van der Waals surface area contributed by atoms with E-state index in [1.54, 1.807) is 13.0 Å². The largest absolute Gasteiger partial charge is 0.295 e. The summed E-state index contributed by atoms with van der Waals surface area (Å²) in [6.07, 6.45) is 4.38. The van der Waals surface area contributed by atoms with E-state index in [9.17, 15) is 4.79 Å². The van der Waals surface area contributed by atoms with Crippen LogP contribution in [0.1, 0.15) is 20.3 Å². The molecule has 0 aromatic carbocycles. The first kappa shape index (κ1) is 11.0. The third-order valence-corrected chi connectivity index (χ3v) is 0.588. The zero-order valence-corrected chi connectivity index (χ0v) is 6.18. The zero-order valence-electron chi connectivity index (χ0n) is 6.18. The number of carbonyl (C=O) groups excluding carboxylic acids is 1. The lowest BCUT2D eigenvalue weighted by Gasteiger charge is -1.73. The molecule has 0 aliphatic rings. The first-order valence-corrected chi connectivity index (χ1v) is 2.94. The second-order valence-corrected chi connectivity index (χ2v) is 1.42. The molecule has 0 aliphatic carbocycles. The van der Waals surface area contributed by atoms with Gasteiger partial charge in [0.15, 0.2) is 5.78 Å². The van der Waals surface area contributed by atoms with Gasteiger partial charge in [0.2, 0.25) is 0 Å². The molecule has 0 fully saturated rings. The fourth-order valence-corrected chi connectivity index (χ4v) is 0.284. The van der Waals surface area contributed by atoms with Gasteiger partial charge in [0, 0.05) is 0 Å². The number of ketones is 1. The summed E-state index contributed by atoms with van der Waals surface area (Å²) < 4.78 is 0. The molecular formula is C8H14O. The lowest BCUT2D eigenvalue weighted by molar-refractivity contribution is -0.112. The van der Waals surface area contributed by atoms with Gasteiger partial charge in [-0.1, -0.05) is 13.0 Å². The lowest BCUT2D eigenvalue weighted by Crippen LogP contribution is -1.77. The minimum atomic E-state index is 0.127. The van der Waals surface area contributed by atoms with E-state index in [1.165, 1.54) is 0 Å². The Morgan fingerprint density at radius 1 is 1.56 bits per heavy atom. The maximum atomic E-state index is 10.1. The molecule has 0 radical (unpaired) electrons. The predicted octanol–water partition coefficient (Wildman–Crippen LogP) is 2.34. The monoisotopic (exact) mass is 126 g/mol. The molecule has 0 aromatic heterocycles. The summed E-state index contributed by atoms with van der Waals surface area (Å²) in [5.74, 6) is 0.127. The van der Waals surface area contributed by atoms with Crippen LogP contribution in [-0.2, 0) is 4.79 Å². The van der Waals surface area contributed by atoms with Crippen molar-refractivity contribution in [1.82, 2.24) is 0 Å². The summed E-state index contributed by atoms with van der Waals surface area (Å²) in [5, 5.41) is 0. The second kappa shape index (κ2) is 10.2. The Kier molecular flexibility index (Phi) is 12.5. The number of allylic oxidation sites excluding steroid dienone is 2. The Balaban J connectivity index is 0. The van der Waals surface area contributed by atoms with Crippen LogP contribution in [0.4, 0.5) is 0 Å². The minimum absolute atomic E-state index is 0.127. The Morgan fingerprint density at radius 3 is 2.11 bits per heavy atom. The highest BCUT2D eigenvalue weighted by molar-refractivity contribution is 5.87. The SMILES string of the molecule is C=C.CCC=CC(C)=O. The van der Waals surface area contributed by atoms with Crippen molar-refractivity contribution in [2.45, 2.75) is 20.3 Å². The van der Waals surface area contributed by atoms with Crippen molar-refractivity contribution in [2.24, 2.45) is 0 Å². The van der Waals surface area contributed by atoms with Crippen molar-refractivity contribution >= 4 is 5.78 Å². The highest BCUT2D eigenvalue weighted by Crippen LogP contribution is 1.78. The van der Waals surface area contributed by atoms with Crippen molar-refractivity contribution in [2.75, 3.05) is 0 Å². The molecule has 0 saturated carbocycles. The van der Waals surface area contributed by atoms with Crippen LogP contribution in [0.2, 0.25) is 0 Å². The van der Waals surface area contributed by atoms with E-state index in [0.29, 0.717) is 0 Å². The molecule has 1 nitrogen and oxygen atoms in total. The molecule has 52 valence electrons. The molecule has 0 heterocycles. The van der Waals surface area contributed by atoms with Gasteiger partial charge < -0.3 is 0 Å². The molecule has 0 atom stereocenters. The van der Waals surface area contributed by atoms with E-state index in [2.05, 4.69) is 13.2 Å². The summed E-state index contributed by atoms with van der Waals surface area (Å²) in [6, 6.07) is 0. The average Bonchev–Trinajstić information content (AvgIpc) is 1.88. The Bertz CT molecular complexity index is 92.7. The van der Waals surface area contributed by atoms with E-state index < -0.39 is 0 Å². The molecule has 0 amide bonds. The molecular weight excluding hydrogens is 112 g/mol. The number of rotatable bonds is 2. The lowest BCUT2D eigenvalue weighted by atomic mass is 10.3. The quantitative estimate of drug-likeness (QED) is 0.410. The van der Waals surface area contributed by atoms with Crippen LogP contribution in [0.5, 0.6) is 0 Å². The molecule has 0 unspecified atom stereocenters. The van der Waals surface area contributed by atoms with Crippen molar-refractivity contribution in [3.63, 3.8) is 0 Å². The molecule has 0 aliphatic heterocycles. The van der Waals surface area contributed by atoms with Gasteiger partial charge in [0.05, 0.1) is 0 Å². The molecule has 0 rings (SSSR count). The maximum Gasteiger partial charge on any atom is 0.152 e. The highest BCUT2D eigenvalue weighted by atomic mass is 16.1. The fourth-order valence-electron chi connectivity index (χ4n) is 0.284. The van der Waals surface area contributed by atoms with E-state index in [-0.39, 0.29) is 5.78 Å². The predicted molar refractivity (Wildman–Crippen MR) is 41.4 cm³/mol. The van der Waals surface area contributed by atoms with Crippen molar-refractivity contribution in [1.29, 1.82) is 0 Å². The summed E-state index contributed by atoms with van der Waals surface area (Å²) in [6.45, 7) is 9.55. The van der Waals surface area contributed by atoms with Gasteiger partial charge in [-0.05, 0) is 19.4 Å². The van der Waals surface area contributed by atoms with Gasteiger partial charge in [0.1, 0.15) is 0 Å². The zero-order chi connectivity index (χ0) is 7.70. The number of hydrogen-bond donors (Lipinski definition) is 0. The van der Waals surface area contributed by atoms with Crippen LogP contribution in [-0.4, -0.2) is 5.78 Å². The first-order valence-electron chi connectivity index (χ1n) is 2.94. The van der Waals surface area contributed by atoms with Gasteiger partial charge in [-0.15, -0.1) is 13.2 Å². The van der Waals surface area contributed by atoms with Gasteiger partial charge in [-0.3, -0.25) is 4.79 Å². The number of hydrogen-bond acceptors (Lipinski definition) is 1. The molecule has 0 aromatic rings. The summed E-state index contributed by atoms with van der Waals surface area (Å²) in [5.41, 5.74) is 0. The summed E-state index contributed by atoms with van der Waals surface area (Å²) in [4.78, 5) is 10.1. The molecule has 0 spiro atoms. The van der Waals surface area contributed by atoms with Crippen LogP contribution in [0.25, 0.3) is 0 Å². The molecule has 1 heteroatoms. The van der Waals surface area contributed by atoms with Crippen LogP contribution in [0, 0.1) is 0 Å². The van der Waals surface area contributed by atoms with Gasteiger partial charge in [-0.2, -0.15) is 0 Å². The van der Waals surface area contributed by atoms with Crippen LogP contribution in [0.3, 0.4) is 0 Å². The third kappa shape index (κ3) is 19.1. The number of carbonyl (C=O) groups is 1. The smallest absolute Gasteiger partial charge is 0.152 e. The van der Waals surface area contributed by atoms with Crippen LogP contribution >= 0.6 is 0 Å². The summed E-state index contributed by atoms with van der Waals surface area (Å²) >= 11 is 0. The maximum absolute atomic E-state index is 10.1. The molecule has 0 saturated heterocycles. The van der Waals surface area contributed by atoms with E-state index in [1.807, 2.05) is 13.0 Å². The van der Waals surface area contributed by atoms with Crippen LogP contribution in [0.15, 0.2) is 25.3 Å². The van der Waals surface area contributed by atoms with Crippen molar-refractivity contribution in [3.8, 4) is 0 Å². The van der Waals surface area contributed by atoms with Gasteiger partial charge in [-0.25, -0.2) is 0 Å². The normalized spacial score (nSPS) is 8.22. The van der Waals surface area contributed by atoms with E-state index in [4.69, 9.17) is 0 Å². The van der Waals surface area contributed by atoms with Crippen molar-refractivity contribution in [3.05, 3.63) is 25.3 Å². The topological polar surface area (TPSA) is 17.1 Å². The first-order chi connectivity index (χ1) is 4.27. The highest BCUT2D eigenvalue weighted by Gasteiger charge is 1.75. The minimum Gasteiger partial charge on any atom is -0.295 e. The Morgan fingerprint density at radius 2 is 2.00 bits per heavy atom. The molecule has 0 bridgehead atoms. The average molecular weight is 126 g/mol. The standard InChI is InChI=1S/C6H10O.C2H4/c1-3-4-5-6(2)7;1-2/h4-5H,3H2,1-2H3;1-2H2. The van der Waals surface area contributed by atoms with Crippen LogP contribution < -0.4 is 0 Å². The van der Waals surface area contributed by atoms with Gasteiger partial charge in [0.25, 0.3) is 0 Å². The van der Waals surface area contributed by atoms with E-state index >= 15 is 0 Å². The fraction of sp³-hybridized carbons (Fsp3) is 0.375.